The van der Waals surface area contributed by atoms with Crippen molar-refractivity contribution in [1.29, 1.82) is 0 Å². The van der Waals surface area contributed by atoms with Gasteiger partial charge in [0.05, 0.1) is 19.6 Å². The van der Waals surface area contributed by atoms with Crippen LogP contribution in [0.5, 0.6) is 5.75 Å². The number of rotatable bonds is 10. The molecule has 0 aromatic heterocycles. The molecular formula is C24H33ClN2O3. The van der Waals surface area contributed by atoms with Crippen LogP contribution < -0.4 is 4.74 Å². The molecule has 2 aromatic rings. The van der Waals surface area contributed by atoms with E-state index in [4.69, 9.17) is 21.1 Å². The number of fused-ring (bicyclic) bond motifs is 1. The Morgan fingerprint density at radius 3 is 2.30 bits per heavy atom. The Bertz CT molecular complexity index is 821. The standard InChI is InChI=1S/C24H33ClN2O3/c1-19(20-5-6-22-18-23(29-2)8-7-21(22)17-20)24(28)30-16-4-11-27-14-12-26(13-15-27)10-3-9-25/h5-8,17-19H,3-4,9-16H2,1-2H3/t19-/m0/s1. The molecule has 0 bridgehead atoms. The van der Waals surface area contributed by atoms with Crippen LogP contribution in [-0.4, -0.2) is 74.6 Å². The summed E-state index contributed by atoms with van der Waals surface area (Å²) in [5, 5.41) is 2.19. The van der Waals surface area contributed by atoms with Gasteiger partial charge in [-0.05, 0) is 54.8 Å². The summed E-state index contributed by atoms with van der Waals surface area (Å²) in [5.41, 5.74) is 0.978. The lowest BCUT2D eigenvalue weighted by Crippen LogP contribution is -2.46. The minimum atomic E-state index is -0.276. The second kappa shape index (κ2) is 11.5. The Hall–Kier alpha value is -1.82. The Balaban J connectivity index is 1.40. The fourth-order valence-electron chi connectivity index (χ4n) is 3.88. The van der Waals surface area contributed by atoms with Gasteiger partial charge in [-0.2, -0.15) is 0 Å². The number of methoxy groups -OCH3 is 1. The van der Waals surface area contributed by atoms with E-state index in [0.29, 0.717) is 6.61 Å². The zero-order valence-electron chi connectivity index (χ0n) is 18.1. The molecule has 5 nitrogen and oxygen atoms in total. The van der Waals surface area contributed by atoms with Gasteiger partial charge in [-0.1, -0.05) is 24.3 Å². The molecule has 0 radical (unpaired) electrons. The van der Waals surface area contributed by atoms with Gasteiger partial charge in [0.25, 0.3) is 0 Å². The molecule has 1 aliphatic heterocycles. The highest BCUT2D eigenvalue weighted by Gasteiger charge is 2.18. The second-order valence-electron chi connectivity index (χ2n) is 7.94. The first-order chi connectivity index (χ1) is 14.6. The van der Waals surface area contributed by atoms with Gasteiger partial charge in [-0.25, -0.2) is 0 Å². The van der Waals surface area contributed by atoms with Crippen molar-refractivity contribution in [2.75, 3.05) is 58.9 Å². The van der Waals surface area contributed by atoms with E-state index >= 15 is 0 Å². The van der Waals surface area contributed by atoms with E-state index in [1.54, 1.807) is 7.11 Å². The van der Waals surface area contributed by atoms with Crippen molar-refractivity contribution in [2.45, 2.75) is 25.7 Å². The molecule has 3 rings (SSSR count). The number of hydrogen-bond acceptors (Lipinski definition) is 5. The summed E-state index contributed by atoms with van der Waals surface area (Å²) in [6, 6.07) is 12.0. The molecule has 30 heavy (non-hydrogen) atoms. The van der Waals surface area contributed by atoms with E-state index in [-0.39, 0.29) is 11.9 Å². The van der Waals surface area contributed by atoms with Crippen LogP contribution >= 0.6 is 11.6 Å². The fourth-order valence-corrected chi connectivity index (χ4v) is 4.00. The van der Waals surface area contributed by atoms with E-state index < -0.39 is 0 Å². The molecule has 1 heterocycles. The molecule has 0 amide bonds. The zero-order chi connectivity index (χ0) is 21.3. The molecule has 1 saturated heterocycles. The molecule has 0 spiro atoms. The molecule has 0 unspecified atom stereocenters. The lowest BCUT2D eigenvalue weighted by Gasteiger charge is -2.34. The van der Waals surface area contributed by atoms with E-state index in [1.807, 2.05) is 37.3 Å². The summed E-state index contributed by atoms with van der Waals surface area (Å²) in [6.07, 6.45) is 1.93. The number of alkyl halides is 1. The molecule has 6 heteroatoms. The highest BCUT2D eigenvalue weighted by molar-refractivity contribution is 6.17. The third kappa shape index (κ3) is 6.34. The van der Waals surface area contributed by atoms with Gasteiger partial charge < -0.3 is 19.3 Å². The maximum Gasteiger partial charge on any atom is 0.313 e. The van der Waals surface area contributed by atoms with Crippen molar-refractivity contribution in [3.63, 3.8) is 0 Å². The van der Waals surface area contributed by atoms with Gasteiger partial charge in [-0.3, -0.25) is 4.79 Å². The zero-order valence-corrected chi connectivity index (χ0v) is 18.9. The maximum absolute atomic E-state index is 12.5. The molecular weight excluding hydrogens is 400 g/mol. The minimum Gasteiger partial charge on any atom is -0.497 e. The Morgan fingerprint density at radius 2 is 1.63 bits per heavy atom. The molecule has 0 aliphatic carbocycles. The van der Waals surface area contributed by atoms with Crippen molar-refractivity contribution < 1.29 is 14.3 Å². The molecule has 2 aromatic carbocycles. The summed E-state index contributed by atoms with van der Waals surface area (Å²) >= 11 is 5.77. The first kappa shape index (κ1) is 22.9. The normalized spacial score (nSPS) is 16.5. The van der Waals surface area contributed by atoms with Crippen LogP contribution in [0.4, 0.5) is 0 Å². The number of ether oxygens (including phenoxy) is 2. The topological polar surface area (TPSA) is 42.0 Å². The highest BCUT2D eigenvalue weighted by Crippen LogP contribution is 2.25. The predicted molar refractivity (Wildman–Crippen MR) is 123 cm³/mol. The molecule has 0 N–H and O–H groups in total. The lowest BCUT2D eigenvalue weighted by atomic mass is 9.98. The van der Waals surface area contributed by atoms with E-state index in [2.05, 4.69) is 15.9 Å². The first-order valence-corrected chi connectivity index (χ1v) is 11.4. The smallest absolute Gasteiger partial charge is 0.313 e. The van der Waals surface area contributed by atoms with Crippen molar-refractivity contribution in [2.24, 2.45) is 0 Å². The van der Waals surface area contributed by atoms with Crippen LogP contribution in [0, 0.1) is 0 Å². The van der Waals surface area contributed by atoms with Crippen LogP contribution in [0.15, 0.2) is 36.4 Å². The van der Waals surface area contributed by atoms with Crippen LogP contribution in [-0.2, 0) is 9.53 Å². The SMILES string of the molecule is COc1ccc2cc([C@H](C)C(=O)OCCCN3CCN(CCCCl)CC3)ccc2c1. The van der Waals surface area contributed by atoms with Crippen molar-refractivity contribution in [1.82, 2.24) is 9.80 Å². The second-order valence-corrected chi connectivity index (χ2v) is 8.32. The molecule has 1 atom stereocenters. The van der Waals surface area contributed by atoms with Crippen molar-refractivity contribution in [3.05, 3.63) is 42.0 Å². The maximum atomic E-state index is 12.5. The largest absolute Gasteiger partial charge is 0.497 e. The fraction of sp³-hybridized carbons (Fsp3) is 0.542. The number of hydrogen-bond donors (Lipinski definition) is 0. The highest BCUT2D eigenvalue weighted by atomic mass is 35.5. The third-order valence-corrected chi connectivity index (χ3v) is 6.13. The summed E-state index contributed by atoms with van der Waals surface area (Å²) in [6.45, 7) is 8.80. The summed E-state index contributed by atoms with van der Waals surface area (Å²) in [4.78, 5) is 17.4. The Kier molecular flexibility index (Phi) is 8.79. The van der Waals surface area contributed by atoms with E-state index in [9.17, 15) is 4.79 Å². The first-order valence-electron chi connectivity index (χ1n) is 10.9. The van der Waals surface area contributed by atoms with Crippen molar-refractivity contribution in [3.8, 4) is 5.75 Å². The number of carbonyl (C=O) groups excluding carboxylic acids is 1. The average molecular weight is 433 g/mol. The molecule has 164 valence electrons. The minimum absolute atomic E-state index is 0.159. The number of esters is 1. The van der Waals surface area contributed by atoms with Gasteiger partial charge in [0.2, 0.25) is 0 Å². The number of halogens is 1. The van der Waals surface area contributed by atoms with Gasteiger partial charge in [0, 0.05) is 38.6 Å². The predicted octanol–water partition coefficient (Wildman–Crippen LogP) is 4.13. The van der Waals surface area contributed by atoms with Crippen molar-refractivity contribution >= 4 is 28.3 Å². The lowest BCUT2D eigenvalue weighted by molar-refractivity contribution is -0.145. The molecule has 1 aliphatic rings. The van der Waals surface area contributed by atoms with Gasteiger partial charge in [0.1, 0.15) is 5.75 Å². The average Bonchev–Trinajstić information content (AvgIpc) is 2.79. The van der Waals surface area contributed by atoms with Crippen LogP contribution in [0.3, 0.4) is 0 Å². The van der Waals surface area contributed by atoms with E-state index in [0.717, 1.165) is 80.1 Å². The van der Waals surface area contributed by atoms with Gasteiger partial charge in [0.15, 0.2) is 0 Å². The van der Waals surface area contributed by atoms with Gasteiger partial charge in [-0.15, -0.1) is 11.6 Å². The summed E-state index contributed by atoms with van der Waals surface area (Å²) in [5.74, 6) is 1.13. The van der Waals surface area contributed by atoms with Crippen LogP contribution in [0.25, 0.3) is 10.8 Å². The number of piperazine rings is 1. The Labute approximate surface area is 184 Å². The molecule has 1 fully saturated rings. The summed E-state index contributed by atoms with van der Waals surface area (Å²) < 4.78 is 10.8. The van der Waals surface area contributed by atoms with Crippen LogP contribution in [0.1, 0.15) is 31.2 Å². The molecule has 0 saturated carbocycles. The van der Waals surface area contributed by atoms with Gasteiger partial charge >= 0.3 is 5.97 Å². The monoisotopic (exact) mass is 432 g/mol. The van der Waals surface area contributed by atoms with E-state index in [1.165, 1.54) is 0 Å². The number of nitrogens with zero attached hydrogens (tertiary/aromatic N) is 2. The Morgan fingerprint density at radius 1 is 1.00 bits per heavy atom. The number of benzene rings is 2. The quantitative estimate of drug-likeness (QED) is 0.321. The third-order valence-electron chi connectivity index (χ3n) is 5.86. The summed E-state index contributed by atoms with van der Waals surface area (Å²) in [7, 11) is 1.66. The van der Waals surface area contributed by atoms with Crippen LogP contribution in [0.2, 0.25) is 0 Å². The number of carbonyl (C=O) groups is 1.